The van der Waals surface area contributed by atoms with Gasteiger partial charge in [0.2, 0.25) is 5.91 Å². The molecule has 0 radical (unpaired) electrons. The number of nitrogens with zero attached hydrogens (tertiary/aromatic N) is 1. The monoisotopic (exact) mass is 297 g/mol. The van der Waals surface area contributed by atoms with Crippen LogP contribution in [0.5, 0.6) is 0 Å². The molecule has 2 fully saturated rings. The van der Waals surface area contributed by atoms with Crippen LogP contribution in [0.25, 0.3) is 0 Å². The molecule has 0 unspecified atom stereocenters. The van der Waals surface area contributed by atoms with Gasteiger partial charge in [0.25, 0.3) is 0 Å². The molecule has 1 heterocycles. The van der Waals surface area contributed by atoms with Crippen LogP contribution in [0.1, 0.15) is 51.4 Å². The predicted molar refractivity (Wildman–Crippen MR) is 78.8 cm³/mol. The van der Waals surface area contributed by atoms with E-state index in [0.29, 0.717) is 19.7 Å². The largest absolute Gasteiger partial charge is 0.469 e. The van der Waals surface area contributed by atoms with Gasteiger partial charge in [-0.15, -0.1) is 0 Å². The molecule has 5 heteroatoms. The van der Waals surface area contributed by atoms with E-state index < -0.39 is 0 Å². The molecule has 1 atom stereocenters. The first-order valence-electron chi connectivity index (χ1n) is 8.15. The second-order valence-electron chi connectivity index (χ2n) is 6.15. The lowest BCUT2D eigenvalue weighted by molar-refractivity contribution is -0.146. The van der Waals surface area contributed by atoms with Crippen LogP contribution in [-0.4, -0.2) is 49.7 Å². The van der Waals surface area contributed by atoms with Gasteiger partial charge in [0, 0.05) is 19.5 Å². The molecule has 120 valence electrons. The highest BCUT2D eigenvalue weighted by atomic mass is 16.5. The third kappa shape index (κ3) is 5.30. The minimum atomic E-state index is -0.324. The lowest BCUT2D eigenvalue weighted by Gasteiger charge is -2.35. The Balaban J connectivity index is 1.74. The van der Waals surface area contributed by atoms with E-state index in [1.54, 1.807) is 0 Å². The highest BCUT2D eigenvalue weighted by molar-refractivity contribution is 5.81. The van der Waals surface area contributed by atoms with Crippen molar-refractivity contribution in [2.24, 2.45) is 5.92 Å². The molecule has 21 heavy (non-hydrogen) atoms. The summed E-state index contributed by atoms with van der Waals surface area (Å²) >= 11 is 0. The molecule has 0 aromatic rings. The molecule has 1 saturated heterocycles. The quantitative estimate of drug-likeness (QED) is 0.730. The van der Waals surface area contributed by atoms with E-state index in [4.69, 9.17) is 4.74 Å². The first-order valence-corrected chi connectivity index (χ1v) is 8.15. The van der Waals surface area contributed by atoms with Crippen LogP contribution < -0.4 is 0 Å². The molecule has 2 aliphatic rings. The van der Waals surface area contributed by atoms with E-state index in [1.165, 1.54) is 39.2 Å². The molecular weight excluding hydrogens is 270 g/mol. The van der Waals surface area contributed by atoms with Crippen LogP contribution in [-0.2, 0) is 19.1 Å². The smallest absolute Gasteiger partial charge is 0.306 e. The minimum absolute atomic E-state index is 0.0392. The molecule has 2 rings (SSSR count). The summed E-state index contributed by atoms with van der Waals surface area (Å²) in [6.07, 6.45) is 8.28. The molecule has 0 aromatic heterocycles. The summed E-state index contributed by atoms with van der Waals surface area (Å²) in [5.41, 5.74) is 0. The molecule has 1 aliphatic heterocycles. The fourth-order valence-corrected chi connectivity index (χ4v) is 3.35. The van der Waals surface area contributed by atoms with Crippen LogP contribution >= 0.6 is 0 Å². The number of morpholine rings is 1. The van der Waals surface area contributed by atoms with Gasteiger partial charge in [0.15, 0.2) is 0 Å². The number of carbonyl (C=O) groups excluding carboxylic acids is 2. The minimum Gasteiger partial charge on any atom is -0.469 e. The first kappa shape index (κ1) is 16.3. The number of ether oxygens (including phenoxy) is 2. The third-order valence-corrected chi connectivity index (χ3v) is 4.58. The molecule has 0 spiro atoms. The van der Waals surface area contributed by atoms with Crippen molar-refractivity contribution in [2.75, 3.05) is 26.8 Å². The van der Waals surface area contributed by atoms with Crippen molar-refractivity contribution in [2.45, 2.75) is 57.5 Å². The number of methoxy groups -OCH3 is 1. The normalized spacial score (nSPS) is 23.9. The number of hydrogen-bond acceptors (Lipinski definition) is 4. The zero-order valence-electron chi connectivity index (χ0n) is 13.0. The van der Waals surface area contributed by atoms with Crippen LogP contribution in [0.4, 0.5) is 0 Å². The van der Waals surface area contributed by atoms with Crippen molar-refractivity contribution >= 4 is 11.9 Å². The lowest BCUT2D eigenvalue weighted by atomic mass is 9.85. The summed E-state index contributed by atoms with van der Waals surface area (Å²) in [6.45, 7) is 1.93. The maximum atomic E-state index is 12.1. The second-order valence-corrected chi connectivity index (χ2v) is 6.15. The van der Waals surface area contributed by atoms with Gasteiger partial charge in [-0.3, -0.25) is 9.59 Å². The Morgan fingerprint density at radius 3 is 2.67 bits per heavy atom. The second kappa shape index (κ2) is 8.37. The van der Waals surface area contributed by atoms with Crippen molar-refractivity contribution in [3.8, 4) is 0 Å². The van der Waals surface area contributed by atoms with Crippen LogP contribution in [0.15, 0.2) is 0 Å². The highest BCUT2D eigenvalue weighted by Crippen LogP contribution is 2.29. The zero-order chi connectivity index (χ0) is 15.1. The maximum Gasteiger partial charge on any atom is 0.306 e. The molecule has 0 bridgehead atoms. The SMILES string of the molecule is COC(=O)CCC(=O)N1CCO[C@H](CC2CCCCC2)C1. The molecule has 1 aliphatic carbocycles. The van der Waals surface area contributed by atoms with Gasteiger partial charge in [-0.2, -0.15) is 0 Å². The Labute approximate surface area is 127 Å². The molecule has 1 saturated carbocycles. The highest BCUT2D eigenvalue weighted by Gasteiger charge is 2.27. The topological polar surface area (TPSA) is 55.8 Å². The summed E-state index contributed by atoms with van der Waals surface area (Å²) in [5, 5.41) is 0. The van der Waals surface area contributed by atoms with Crippen LogP contribution in [0, 0.1) is 5.92 Å². The van der Waals surface area contributed by atoms with Gasteiger partial charge in [-0.1, -0.05) is 32.1 Å². The Hall–Kier alpha value is -1.10. The molecule has 0 N–H and O–H groups in total. The standard InChI is InChI=1S/C16H27NO4/c1-20-16(19)8-7-15(18)17-9-10-21-14(12-17)11-13-5-3-2-4-6-13/h13-14H,2-12H2,1H3/t14-/m1/s1. The average molecular weight is 297 g/mol. The van der Waals surface area contributed by atoms with E-state index in [2.05, 4.69) is 4.74 Å². The summed E-state index contributed by atoms with van der Waals surface area (Å²) in [6, 6.07) is 0. The Morgan fingerprint density at radius 2 is 1.95 bits per heavy atom. The van der Waals surface area contributed by atoms with Crippen LogP contribution in [0.3, 0.4) is 0 Å². The number of hydrogen-bond donors (Lipinski definition) is 0. The maximum absolute atomic E-state index is 12.1. The number of amides is 1. The Kier molecular flexibility index (Phi) is 6.49. The van der Waals surface area contributed by atoms with Gasteiger partial charge in [-0.25, -0.2) is 0 Å². The van der Waals surface area contributed by atoms with E-state index in [-0.39, 0.29) is 30.8 Å². The van der Waals surface area contributed by atoms with E-state index in [1.807, 2.05) is 4.90 Å². The van der Waals surface area contributed by atoms with E-state index in [9.17, 15) is 9.59 Å². The van der Waals surface area contributed by atoms with Gasteiger partial charge >= 0.3 is 5.97 Å². The van der Waals surface area contributed by atoms with E-state index in [0.717, 1.165) is 12.3 Å². The third-order valence-electron chi connectivity index (χ3n) is 4.58. The molecule has 5 nitrogen and oxygen atoms in total. The Morgan fingerprint density at radius 1 is 1.19 bits per heavy atom. The van der Waals surface area contributed by atoms with E-state index >= 15 is 0 Å². The summed E-state index contributed by atoms with van der Waals surface area (Å²) in [5.74, 6) is 0.474. The predicted octanol–water partition coefficient (Wildman–Crippen LogP) is 2.14. The molecular formula is C16H27NO4. The number of carbonyl (C=O) groups is 2. The van der Waals surface area contributed by atoms with Crippen molar-refractivity contribution in [3.05, 3.63) is 0 Å². The Bertz CT molecular complexity index is 352. The average Bonchev–Trinajstić information content (AvgIpc) is 2.53. The summed E-state index contributed by atoms with van der Waals surface area (Å²) < 4.78 is 10.4. The summed E-state index contributed by atoms with van der Waals surface area (Å²) in [4.78, 5) is 25.1. The van der Waals surface area contributed by atoms with Gasteiger partial charge in [0.05, 0.1) is 26.2 Å². The van der Waals surface area contributed by atoms with Gasteiger partial charge in [-0.05, 0) is 12.3 Å². The fraction of sp³-hybridized carbons (Fsp3) is 0.875. The van der Waals surface area contributed by atoms with Crippen molar-refractivity contribution in [1.29, 1.82) is 0 Å². The lowest BCUT2D eigenvalue weighted by Crippen LogP contribution is -2.46. The zero-order valence-corrected chi connectivity index (χ0v) is 13.0. The molecule has 0 aromatic carbocycles. The number of esters is 1. The molecule has 1 amide bonds. The van der Waals surface area contributed by atoms with Crippen LogP contribution in [0.2, 0.25) is 0 Å². The first-order chi connectivity index (χ1) is 10.2. The number of rotatable bonds is 5. The van der Waals surface area contributed by atoms with Crippen molar-refractivity contribution in [3.63, 3.8) is 0 Å². The van der Waals surface area contributed by atoms with Crippen molar-refractivity contribution < 1.29 is 19.1 Å². The van der Waals surface area contributed by atoms with Gasteiger partial charge < -0.3 is 14.4 Å². The van der Waals surface area contributed by atoms with Gasteiger partial charge in [0.1, 0.15) is 0 Å². The van der Waals surface area contributed by atoms with Crippen molar-refractivity contribution in [1.82, 2.24) is 4.90 Å². The fourth-order valence-electron chi connectivity index (χ4n) is 3.35. The summed E-state index contributed by atoms with van der Waals surface area (Å²) in [7, 11) is 1.35.